The van der Waals surface area contributed by atoms with Crippen molar-refractivity contribution in [2.75, 3.05) is 7.05 Å². The predicted molar refractivity (Wildman–Crippen MR) is 71.6 cm³/mol. The lowest BCUT2D eigenvalue weighted by atomic mass is 9.87. The van der Waals surface area contributed by atoms with Gasteiger partial charge in [0.05, 0.1) is 12.0 Å². The van der Waals surface area contributed by atoms with E-state index in [4.69, 9.17) is 0 Å². The minimum atomic E-state index is -0.916. The summed E-state index contributed by atoms with van der Waals surface area (Å²) < 4.78 is 13.2. The maximum atomic E-state index is 13.2. The summed E-state index contributed by atoms with van der Waals surface area (Å²) in [7, 11) is 1.62. The van der Waals surface area contributed by atoms with Crippen LogP contribution in [0.25, 0.3) is 0 Å². The third-order valence-electron chi connectivity index (χ3n) is 3.97. The molecule has 1 saturated heterocycles. The van der Waals surface area contributed by atoms with Gasteiger partial charge in [-0.15, -0.1) is 0 Å². The normalized spacial score (nSPS) is 23.6. The van der Waals surface area contributed by atoms with Gasteiger partial charge in [-0.2, -0.15) is 0 Å². The summed E-state index contributed by atoms with van der Waals surface area (Å²) in [5, 5.41) is 9.43. The highest BCUT2D eigenvalue weighted by Gasteiger charge is 2.37. The second-order valence-electron chi connectivity index (χ2n) is 5.29. The minimum Gasteiger partial charge on any atom is -0.481 e. The van der Waals surface area contributed by atoms with Gasteiger partial charge in [-0.25, -0.2) is 4.39 Å². The van der Waals surface area contributed by atoms with Crippen molar-refractivity contribution >= 4 is 11.9 Å². The zero-order chi connectivity index (χ0) is 14.9. The molecule has 2 rings (SSSR count). The van der Waals surface area contributed by atoms with Crippen molar-refractivity contribution in [2.24, 2.45) is 5.92 Å². The number of hydrogen-bond donors (Lipinski definition) is 1. The number of carboxylic acids is 1. The summed E-state index contributed by atoms with van der Waals surface area (Å²) in [5.41, 5.74) is 1.37. The van der Waals surface area contributed by atoms with E-state index in [1.807, 2.05) is 0 Å². The highest BCUT2D eigenvalue weighted by molar-refractivity contribution is 5.79. The Morgan fingerprint density at radius 3 is 2.75 bits per heavy atom. The molecule has 108 valence electrons. The molecule has 0 aromatic heterocycles. The van der Waals surface area contributed by atoms with Gasteiger partial charge in [0.2, 0.25) is 5.91 Å². The van der Waals surface area contributed by atoms with E-state index in [-0.39, 0.29) is 11.7 Å². The molecule has 20 heavy (non-hydrogen) atoms. The topological polar surface area (TPSA) is 57.6 Å². The van der Waals surface area contributed by atoms with E-state index in [9.17, 15) is 19.1 Å². The van der Waals surface area contributed by atoms with Crippen molar-refractivity contribution in [2.45, 2.75) is 32.2 Å². The summed E-state index contributed by atoms with van der Waals surface area (Å²) in [6.07, 6.45) is 1.38. The zero-order valence-electron chi connectivity index (χ0n) is 11.6. The van der Waals surface area contributed by atoms with E-state index >= 15 is 0 Å². The number of halogens is 1. The van der Waals surface area contributed by atoms with Crippen LogP contribution in [0, 0.1) is 18.7 Å². The Balaban J connectivity index is 2.50. The van der Waals surface area contributed by atoms with Crippen LogP contribution in [-0.4, -0.2) is 28.9 Å². The first-order valence-electron chi connectivity index (χ1n) is 6.66. The van der Waals surface area contributed by atoms with Crippen LogP contribution in [0.4, 0.5) is 4.39 Å². The Bertz CT molecular complexity index is 544. The number of aryl methyl sites for hydroxylation is 1. The fraction of sp³-hybridized carbons (Fsp3) is 0.467. The number of aliphatic carboxylic acids is 1. The molecule has 1 N–H and O–H groups in total. The number of carbonyl (C=O) groups excluding carboxylic acids is 1. The molecule has 1 aliphatic rings. The number of benzene rings is 1. The second kappa shape index (κ2) is 5.61. The van der Waals surface area contributed by atoms with Crippen molar-refractivity contribution < 1.29 is 19.1 Å². The average Bonchev–Trinajstić information content (AvgIpc) is 2.51. The molecule has 0 spiro atoms. The van der Waals surface area contributed by atoms with E-state index < -0.39 is 17.9 Å². The van der Waals surface area contributed by atoms with Gasteiger partial charge in [0, 0.05) is 13.5 Å². The first-order valence-corrected chi connectivity index (χ1v) is 6.66. The molecule has 0 aliphatic carbocycles. The van der Waals surface area contributed by atoms with Crippen molar-refractivity contribution in [3.63, 3.8) is 0 Å². The fourth-order valence-corrected chi connectivity index (χ4v) is 2.89. The largest absolute Gasteiger partial charge is 0.481 e. The van der Waals surface area contributed by atoms with E-state index in [2.05, 4.69) is 0 Å². The number of amides is 1. The van der Waals surface area contributed by atoms with Gasteiger partial charge in [-0.1, -0.05) is 6.07 Å². The van der Waals surface area contributed by atoms with E-state index in [1.54, 1.807) is 20.0 Å². The van der Waals surface area contributed by atoms with Gasteiger partial charge in [0.1, 0.15) is 5.82 Å². The Morgan fingerprint density at radius 2 is 2.15 bits per heavy atom. The third kappa shape index (κ3) is 2.66. The molecule has 0 bridgehead atoms. The molecule has 1 amide bonds. The number of nitrogens with zero attached hydrogens (tertiary/aromatic N) is 1. The van der Waals surface area contributed by atoms with Crippen LogP contribution < -0.4 is 0 Å². The maximum Gasteiger partial charge on any atom is 0.308 e. The number of carbonyl (C=O) groups is 2. The fourth-order valence-electron chi connectivity index (χ4n) is 2.89. The Labute approximate surface area is 117 Å². The summed E-state index contributed by atoms with van der Waals surface area (Å²) in [4.78, 5) is 25.0. The van der Waals surface area contributed by atoms with Crippen molar-refractivity contribution in [1.29, 1.82) is 0 Å². The number of carboxylic acid groups (broad SMARTS) is 1. The van der Waals surface area contributed by atoms with Crippen molar-refractivity contribution in [1.82, 2.24) is 4.90 Å². The molecule has 4 nitrogen and oxygen atoms in total. The lowest BCUT2D eigenvalue weighted by molar-refractivity contribution is -0.145. The Hall–Kier alpha value is -1.91. The molecule has 2 unspecified atom stereocenters. The SMILES string of the molecule is Cc1cc(F)ccc1C1C(C(=O)O)CCCC(=O)N1C. The van der Waals surface area contributed by atoms with Gasteiger partial charge in [0.25, 0.3) is 0 Å². The summed E-state index contributed by atoms with van der Waals surface area (Å²) in [6.45, 7) is 1.74. The third-order valence-corrected chi connectivity index (χ3v) is 3.97. The molecule has 5 heteroatoms. The summed E-state index contributed by atoms with van der Waals surface area (Å²) in [6, 6.07) is 3.73. The number of hydrogen-bond acceptors (Lipinski definition) is 2. The minimum absolute atomic E-state index is 0.0672. The van der Waals surface area contributed by atoms with Crippen LogP contribution in [0.15, 0.2) is 18.2 Å². The molecule has 0 radical (unpaired) electrons. The Kier molecular flexibility index (Phi) is 4.06. The standard InChI is InChI=1S/C15H18FNO3/c1-9-8-10(16)6-7-11(9)14-12(15(19)20)4-3-5-13(18)17(14)2/h6-8,12,14H,3-5H2,1-2H3,(H,19,20). The molecule has 2 atom stereocenters. The van der Waals surface area contributed by atoms with Gasteiger partial charge < -0.3 is 10.0 Å². The van der Waals surface area contributed by atoms with E-state index in [0.29, 0.717) is 30.4 Å². The molecule has 1 aliphatic heterocycles. The quantitative estimate of drug-likeness (QED) is 0.905. The van der Waals surface area contributed by atoms with Crippen molar-refractivity contribution in [3.8, 4) is 0 Å². The van der Waals surface area contributed by atoms with Crippen LogP contribution in [0.1, 0.15) is 36.4 Å². The maximum absolute atomic E-state index is 13.2. The Morgan fingerprint density at radius 1 is 1.45 bits per heavy atom. The van der Waals surface area contributed by atoms with Crippen LogP contribution in [0.5, 0.6) is 0 Å². The van der Waals surface area contributed by atoms with Crippen LogP contribution in [0.2, 0.25) is 0 Å². The average molecular weight is 279 g/mol. The van der Waals surface area contributed by atoms with Gasteiger partial charge in [-0.05, 0) is 43.0 Å². The van der Waals surface area contributed by atoms with E-state index in [0.717, 1.165) is 0 Å². The van der Waals surface area contributed by atoms with Crippen molar-refractivity contribution in [3.05, 3.63) is 35.1 Å². The smallest absolute Gasteiger partial charge is 0.308 e. The van der Waals surface area contributed by atoms with E-state index in [1.165, 1.54) is 17.0 Å². The lowest BCUT2D eigenvalue weighted by Gasteiger charge is -2.31. The molecular formula is C15H18FNO3. The van der Waals surface area contributed by atoms with Crippen LogP contribution in [0.3, 0.4) is 0 Å². The molecule has 0 saturated carbocycles. The lowest BCUT2D eigenvalue weighted by Crippen LogP contribution is -2.36. The van der Waals surface area contributed by atoms with Gasteiger partial charge in [-0.3, -0.25) is 9.59 Å². The molecule has 1 aromatic rings. The zero-order valence-corrected chi connectivity index (χ0v) is 11.6. The summed E-state index contributed by atoms with van der Waals surface area (Å²) in [5.74, 6) is -2.00. The molecule has 1 fully saturated rings. The van der Waals surface area contributed by atoms with Crippen LogP contribution >= 0.6 is 0 Å². The first kappa shape index (κ1) is 14.5. The van der Waals surface area contributed by atoms with Gasteiger partial charge >= 0.3 is 5.97 Å². The highest BCUT2D eigenvalue weighted by Crippen LogP contribution is 2.36. The highest BCUT2D eigenvalue weighted by atomic mass is 19.1. The molecule has 1 aromatic carbocycles. The van der Waals surface area contributed by atoms with Crippen LogP contribution in [-0.2, 0) is 9.59 Å². The summed E-state index contributed by atoms with van der Waals surface area (Å²) >= 11 is 0. The number of likely N-dealkylation sites (tertiary alicyclic amines) is 1. The first-order chi connectivity index (χ1) is 9.41. The predicted octanol–water partition coefficient (Wildman–Crippen LogP) is 2.52. The monoisotopic (exact) mass is 279 g/mol. The second-order valence-corrected chi connectivity index (χ2v) is 5.29. The number of rotatable bonds is 2. The van der Waals surface area contributed by atoms with Gasteiger partial charge in [0.15, 0.2) is 0 Å². The molecular weight excluding hydrogens is 261 g/mol. The molecule has 1 heterocycles.